The van der Waals surface area contributed by atoms with Gasteiger partial charge in [0.05, 0.1) is 6.61 Å². The zero-order valence-corrected chi connectivity index (χ0v) is 33.4. The van der Waals surface area contributed by atoms with E-state index in [0.717, 1.165) is 51.4 Å². The maximum Gasteiger partial charge on any atom is 0.306 e. The van der Waals surface area contributed by atoms with Crippen molar-refractivity contribution in [1.82, 2.24) is 0 Å². The Hall–Kier alpha value is -2.65. The molecule has 1 aliphatic rings. The van der Waals surface area contributed by atoms with Crippen molar-refractivity contribution in [1.29, 1.82) is 0 Å². The lowest BCUT2D eigenvalue weighted by atomic mass is 10.00. The predicted octanol–water partition coefficient (Wildman–Crippen LogP) is 7.00. The van der Waals surface area contributed by atoms with Gasteiger partial charge < -0.3 is 34.3 Å². The first-order valence-corrected chi connectivity index (χ1v) is 21.5. The molecule has 4 N–H and O–H groups in total. The zero-order chi connectivity index (χ0) is 39.9. The molecule has 0 spiro atoms. The second kappa shape index (κ2) is 31.5. The summed E-state index contributed by atoms with van der Waals surface area (Å²) in [6.07, 6.45) is 27.2. The van der Waals surface area contributed by atoms with Crippen LogP contribution < -0.4 is 0 Å². The summed E-state index contributed by atoms with van der Waals surface area (Å²) in [4.78, 5) is 25.2. The number of aliphatic hydroxyl groups is 3. The van der Waals surface area contributed by atoms with E-state index in [9.17, 15) is 37.9 Å². The Morgan fingerprint density at radius 2 is 1.28 bits per heavy atom. The van der Waals surface area contributed by atoms with Crippen LogP contribution in [0.15, 0.2) is 60.8 Å². The summed E-state index contributed by atoms with van der Waals surface area (Å²) in [7, 11) is -4.61. The van der Waals surface area contributed by atoms with Gasteiger partial charge in [-0.05, 0) is 51.4 Å². The lowest BCUT2D eigenvalue weighted by Crippen LogP contribution is -2.60. The minimum Gasteiger partial charge on any atom is -0.462 e. The van der Waals surface area contributed by atoms with Gasteiger partial charge >= 0.3 is 11.9 Å². The molecule has 310 valence electrons. The van der Waals surface area contributed by atoms with Gasteiger partial charge in [-0.15, -0.1) is 0 Å². The molecule has 0 aromatic rings. The van der Waals surface area contributed by atoms with Gasteiger partial charge in [-0.25, -0.2) is 0 Å². The molecule has 0 radical (unpaired) electrons. The Morgan fingerprint density at radius 1 is 0.667 bits per heavy atom. The molecule has 0 aliphatic carbocycles. The largest absolute Gasteiger partial charge is 0.462 e. The van der Waals surface area contributed by atoms with Gasteiger partial charge in [0.2, 0.25) is 0 Å². The van der Waals surface area contributed by atoms with Crippen LogP contribution >= 0.6 is 0 Å². The van der Waals surface area contributed by atoms with Gasteiger partial charge in [-0.3, -0.25) is 14.1 Å². The standard InChI is InChI=1S/C41H68O12S/c1-3-5-7-9-11-13-15-17-19-21-23-25-27-29-36(42)50-31-34(32-51-41-40(46)39(45)38(44)35(53-41)33-54(47,48)49)52-37(43)30-28-26-24-22-20-18-16-14-12-10-8-6-4-2/h6,8,10,12,14,16-17,19,23,25,34-35,38-41,44-46H,3-5,7,9,11,13,15,18,20-22,24,26-33H2,1-2H3,(H,47,48,49)/b8-6+,12-10+,16-14+,19-17+,25-23+/t34?,35-,38-,39?,40?,41+/m0/s1. The van der Waals surface area contributed by atoms with Crippen LogP contribution in [0.25, 0.3) is 0 Å². The van der Waals surface area contributed by atoms with Crippen molar-refractivity contribution in [3.63, 3.8) is 0 Å². The van der Waals surface area contributed by atoms with Crippen LogP contribution in [0.5, 0.6) is 0 Å². The molecule has 12 nitrogen and oxygen atoms in total. The minimum atomic E-state index is -4.61. The molecule has 1 heterocycles. The highest BCUT2D eigenvalue weighted by Gasteiger charge is 2.46. The SMILES string of the molecule is CC/C=C/C=C/C=C/CCCCCCCC(=O)OC(COC(=O)CC/C=C/C/C=C/CCCCCCCC)CO[C@@H]1O[C@@H](CS(=O)(=O)O)[C@H](O)C(O)C1O. The highest BCUT2D eigenvalue weighted by Crippen LogP contribution is 2.24. The summed E-state index contributed by atoms with van der Waals surface area (Å²) in [6, 6.07) is 0. The van der Waals surface area contributed by atoms with Crippen LogP contribution in [0, 0.1) is 0 Å². The van der Waals surface area contributed by atoms with Crippen molar-refractivity contribution in [2.24, 2.45) is 0 Å². The highest BCUT2D eigenvalue weighted by atomic mass is 32.2. The second-order valence-corrected chi connectivity index (χ2v) is 15.1. The molecular formula is C41H68O12S. The predicted molar refractivity (Wildman–Crippen MR) is 210 cm³/mol. The van der Waals surface area contributed by atoms with Crippen molar-refractivity contribution in [3.8, 4) is 0 Å². The number of carbonyl (C=O) groups is 2. The van der Waals surface area contributed by atoms with Crippen LogP contribution in [0.3, 0.4) is 0 Å². The third-order valence-electron chi connectivity index (χ3n) is 8.66. The molecule has 0 amide bonds. The molecule has 1 saturated heterocycles. The number of aliphatic hydroxyl groups excluding tert-OH is 3. The molecular weight excluding hydrogens is 717 g/mol. The van der Waals surface area contributed by atoms with Gasteiger partial charge in [-0.1, -0.05) is 126 Å². The number of hydrogen-bond acceptors (Lipinski definition) is 11. The fourth-order valence-electron chi connectivity index (χ4n) is 5.55. The normalized spacial score (nSPS) is 21.6. The third kappa shape index (κ3) is 26.2. The summed E-state index contributed by atoms with van der Waals surface area (Å²) in [5.74, 6) is -2.11. The topological polar surface area (TPSA) is 186 Å². The Labute approximate surface area is 324 Å². The summed E-state index contributed by atoms with van der Waals surface area (Å²) in [5, 5.41) is 30.7. The number of rotatable bonds is 31. The maximum absolute atomic E-state index is 12.7. The molecule has 0 saturated carbocycles. The molecule has 6 atom stereocenters. The number of allylic oxidation sites excluding steroid dienone is 10. The van der Waals surface area contributed by atoms with E-state index >= 15 is 0 Å². The first-order valence-electron chi connectivity index (χ1n) is 19.9. The number of ether oxygens (including phenoxy) is 4. The quantitative estimate of drug-likeness (QED) is 0.0186. The number of carbonyl (C=O) groups excluding carboxylic acids is 2. The summed E-state index contributed by atoms with van der Waals surface area (Å²) < 4.78 is 53.7. The van der Waals surface area contributed by atoms with E-state index < -0.39 is 71.2 Å². The van der Waals surface area contributed by atoms with Crippen LogP contribution in [-0.2, 0) is 38.7 Å². The van der Waals surface area contributed by atoms with Crippen LogP contribution in [-0.4, -0.2) is 96.0 Å². The van der Waals surface area contributed by atoms with E-state index in [1.54, 1.807) is 0 Å². The van der Waals surface area contributed by atoms with Gasteiger partial charge in [-0.2, -0.15) is 8.42 Å². The van der Waals surface area contributed by atoms with Gasteiger partial charge in [0.1, 0.15) is 36.8 Å². The van der Waals surface area contributed by atoms with Crippen LogP contribution in [0.4, 0.5) is 0 Å². The summed E-state index contributed by atoms with van der Waals surface area (Å²) in [5.41, 5.74) is 0. The van der Waals surface area contributed by atoms with E-state index in [2.05, 4.69) is 38.2 Å². The van der Waals surface area contributed by atoms with Crippen LogP contribution in [0.1, 0.15) is 129 Å². The summed E-state index contributed by atoms with van der Waals surface area (Å²) in [6.45, 7) is 3.51. The Balaban J connectivity index is 2.57. The molecule has 0 aromatic heterocycles. The molecule has 3 unspecified atom stereocenters. The average molecular weight is 785 g/mol. The first kappa shape index (κ1) is 49.4. The van der Waals surface area contributed by atoms with Crippen molar-refractivity contribution < 1.29 is 56.8 Å². The smallest absolute Gasteiger partial charge is 0.306 e. The molecule has 1 fully saturated rings. The van der Waals surface area contributed by atoms with Crippen molar-refractivity contribution >= 4 is 22.1 Å². The lowest BCUT2D eigenvalue weighted by molar-refractivity contribution is -0.297. The zero-order valence-electron chi connectivity index (χ0n) is 32.5. The summed E-state index contributed by atoms with van der Waals surface area (Å²) >= 11 is 0. The molecule has 1 aliphatic heterocycles. The fraction of sp³-hybridized carbons (Fsp3) is 0.707. The Bertz CT molecular complexity index is 1240. The number of esters is 2. The molecule has 0 aromatic carbocycles. The fourth-order valence-corrected chi connectivity index (χ4v) is 6.24. The Kier molecular flexibility index (Phi) is 28.8. The maximum atomic E-state index is 12.7. The van der Waals surface area contributed by atoms with Crippen molar-refractivity contribution in [2.45, 2.75) is 166 Å². The molecule has 0 bridgehead atoms. The van der Waals surface area contributed by atoms with Crippen molar-refractivity contribution in [3.05, 3.63) is 60.8 Å². The van der Waals surface area contributed by atoms with Gasteiger partial charge in [0.15, 0.2) is 12.4 Å². The minimum absolute atomic E-state index is 0.105. The number of hydrogen-bond donors (Lipinski definition) is 4. The van der Waals surface area contributed by atoms with Gasteiger partial charge in [0.25, 0.3) is 10.1 Å². The van der Waals surface area contributed by atoms with E-state index in [1.165, 1.54) is 38.5 Å². The monoisotopic (exact) mass is 784 g/mol. The highest BCUT2D eigenvalue weighted by molar-refractivity contribution is 7.85. The second-order valence-electron chi connectivity index (χ2n) is 13.6. The van der Waals surface area contributed by atoms with Gasteiger partial charge in [0, 0.05) is 12.8 Å². The molecule has 1 rings (SSSR count). The number of unbranched alkanes of at least 4 members (excludes halogenated alkanes) is 11. The first-order chi connectivity index (χ1) is 26.0. The third-order valence-corrected chi connectivity index (χ3v) is 9.41. The van der Waals surface area contributed by atoms with E-state index in [0.29, 0.717) is 12.8 Å². The lowest BCUT2D eigenvalue weighted by Gasteiger charge is -2.40. The van der Waals surface area contributed by atoms with E-state index in [-0.39, 0.29) is 19.4 Å². The molecule has 13 heteroatoms. The van der Waals surface area contributed by atoms with E-state index in [4.69, 9.17) is 18.9 Å². The average Bonchev–Trinajstić information content (AvgIpc) is 3.13. The van der Waals surface area contributed by atoms with E-state index in [1.807, 2.05) is 36.5 Å². The molecule has 54 heavy (non-hydrogen) atoms. The Morgan fingerprint density at radius 3 is 1.94 bits per heavy atom. The van der Waals surface area contributed by atoms with Crippen LogP contribution in [0.2, 0.25) is 0 Å². The van der Waals surface area contributed by atoms with Crippen molar-refractivity contribution in [2.75, 3.05) is 19.0 Å².